The van der Waals surface area contributed by atoms with Gasteiger partial charge >= 0.3 is 0 Å². The van der Waals surface area contributed by atoms with E-state index < -0.39 is 0 Å². The maximum absolute atomic E-state index is 5.99. The number of guanidine groups is 1. The smallest absolute Gasteiger partial charge is 0.191 e. The summed E-state index contributed by atoms with van der Waals surface area (Å²) in [4.78, 5) is 6.48. The van der Waals surface area contributed by atoms with Gasteiger partial charge in [0.2, 0.25) is 0 Å². The molecule has 4 nitrogen and oxygen atoms in total. The van der Waals surface area contributed by atoms with Crippen LogP contribution in [-0.4, -0.2) is 37.1 Å². The molecule has 0 aliphatic carbocycles. The number of para-hydroxylation sites is 1. The van der Waals surface area contributed by atoms with Crippen LogP contribution in [-0.2, 0) is 0 Å². The van der Waals surface area contributed by atoms with Crippen molar-refractivity contribution in [1.29, 1.82) is 0 Å². The molecule has 1 fully saturated rings. The summed E-state index contributed by atoms with van der Waals surface area (Å²) in [5.41, 5.74) is 5.95. The molecule has 1 aromatic carbocycles. The number of aliphatic imine (C=N–C) groups is 1. The number of ether oxygens (including phenoxy) is 1. The van der Waals surface area contributed by atoms with Crippen molar-refractivity contribution in [2.45, 2.75) is 19.3 Å². The van der Waals surface area contributed by atoms with E-state index in [0.717, 1.165) is 13.1 Å². The van der Waals surface area contributed by atoms with Gasteiger partial charge in [-0.05, 0) is 31.4 Å². The van der Waals surface area contributed by atoms with Gasteiger partial charge in [0.05, 0.1) is 11.6 Å². The monoisotopic (exact) mass is 409 g/mol. The Kier molecular flexibility index (Phi) is 8.06. The van der Waals surface area contributed by atoms with Crippen molar-refractivity contribution in [3.63, 3.8) is 0 Å². The molecule has 2 N–H and O–H groups in total. The van der Waals surface area contributed by atoms with Crippen LogP contribution in [0, 0.1) is 0 Å². The Morgan fingerprint density at radius 3 is 2.65 bits per heavy atom. The Bertz CT molecular complexity index is 436. The first-order chi connectivity index (χ1) is 9.27. The van der Waals surface area contributed by atoms with Crippen LogP contribution in [0.25, 0.3) is 0 Å². The fourth-order valence-corrected chi connectivity index (χ4v) is 2.29. The molecule has 112 valence electrons. The van der Waals surface area contributed by atoms with Crippen molar-refractivity contribution in [3.05, 3.63) is 29.3 Å². The molecule has 0 bridgehead atoms. The molecular formula is C14H21ClIN3O. The lowest BCUT2D eigenvalue weighted by atomic mass is 10.1. The zero-order valence-electron chi connectivity index (χ0n) is 11.4. The molecule has 0 aromatic heterocycles. The number of benzene rings is 1. The van der Waals surface area contributed by atoms with Gasteiger partial charge in [0.15, 0.2) is 5.96 Å². The molecule has 20 heavy (non-hydrogen) atoms. The van der Waals surface area contributed by atoms with Crippen LogP contribution in [0.15, 0.2) is 29.3 Å². The lowest BCUT2D eigenvalue weighted by Crippen LogP contribution is -2.41. The Morgan fingerprint density at radius 2 is 1.95 bits per heavy atom. The van der Waals surface area contributed by atoms with Crippen LogP contribution in [0.2, 0.25) is 5.02 Å². The summed E-state index contributed by atoms with van der Waals surface area (Å²) in [7, 11) is 0. The Hall–Kier alpha value is -0.690. The molecule has 2 rings (SSSR count). The fourth-order valence-electron chi connectivity index (χ4n) is 2.10. The minimum absolute atomic E-state index is 0. The van der Waals surface area contributed by atoms with Crippen molar-refractivity contribution in [2.24, 2.45) is 10.7 Å². The van der Waals surface area contributed by atoms with Gasteiger partial charge in [-0.1, -0.05) is 23.7 Å². The van der Waals surface area contributed by atoms with Crippen molar-refractivity contribution in [1.82, 2.24) is 4.90 Å². The highest BCUT2D eigenvalue weighted by atomic mass is 127. The SMILES string of the molecule is I.NC(=NCCOc1ccccc1Cl)N1CCCCC1. The highest BCUT2D eigenvalue weighted by Gasteiger charge is 2.11. The van der Waals surface area contributed by atoms with Gasteiger partial charge in [0.25, 0.3) is 0 Å². The summed E-state index contributed by atoms with van der Waals surface area (Å²) in [6, 6.07) is 7.43. The maximum atomic E-state index is 5.99. The number of nitrogens with two attached hydrogens (primary N) is 1. The third kappa shape index (κ3) is 5.36. The summed E-state index contributed by atoms with van der Waals surface area (Å²) < 4.78 is 5.56. The zero-order valence-corrected chi connectivity index (χ0v) is 14.5. The molecule has 1 saturated heterocycles. The van der Waals surface area contributed by atoms with Crippen LogP contribution >= 0.6 is 35.6 Å². The average Bonchev–Trinajstić information content (AvgIpc) is 2.46. The molecular weight excluding hydrogens is 389 g/mol. The second-order valence-electron chi connectivity index (χ2n) is 4.57. The third-order valence-corrected chi connectivity index (χ3v) is 3.45. The standard InChI is InChI=1S/C14H20ClN3O.HI/c15-12-6-2-3-7-13(12)19-11-8-17-14(16)18-9-4-1-5-10-18;/h2-3,6-7H,1,4-5,8-11H2,(H2,16,17);1H. The molecule has 0 spiro atoms. The molecule has 0 atom stereocenters. The number of likely N-dealkylation sites (tertiary alicyclic amines) is 1. The molecule has 6 heteroatoms. The van der Waals surface area contributed by atoms with E-state index in [1.165, 1.54) is 19.3 Å². The van der Waals surface area contributed by atoms with Gasteiger partial charge in [0, 0.05) is 13.1 Å². The number of halogens is 2. The molecule has 1 heterocycles. The van der Waals surface area contributed by atoms with Gasteiger partial charge < -0.3 is 15.4 Å². The number of nitrogens with zero attached hydrogens (tertiary/aromatic N) is 2. The lowest BCUT2D eigenvalue weighted by molar-refractivity contribution is 0.321. The van der Waals surface area contributed by atoms with Crippen LogP contribution in [0.4, 0.5) is 0 Å². The molecule has 0 unspecified atom stereocenters. The Balaban J connectivity index is 0.00000200. The van der Waals surface area contributed by atoms with E-state index in [9.17, 15) is 0 Å². The van der Waals surface area contributed by atoms with E-state index in [-0.39, 0.29) is 24.0 Å². The molecule has 0 radical (unpaired) electrons. The van der Waals surface area contributed by atoms with Gasteiger partial charge in [-0.3, -0.25) is 0 Å². The topological polar surface area (TPSA) is 50.9 Å². The minimum atomic E-state index is 0. The molecule has 0 amide bonds. The highest BCUT2D eigenvalue weighted by Crippen LogP contribution is 2.22. The number of rotatable bonds is 4. The molecule has 1 aliphatic rings. The normalized spacial score (nSPS) is 15.7. The Labute approximate surface area is 142 Å². The molecule has 1 aromatic rings. The van der Waals surface area contributed by atoms with E-state index in [1.807, 2.05) is 24.3 Å². The number of piperidine rings is 1. The van der Waals surface area contributed by atoms with Crippen molar-refractivity contribution in [2.75, 3.05) is 26.2 Å². The maximum Gasteiger partial charge on any atom is 0.191 e. The number of hydrogen-bond donors (Lipinski definition) is 1. The van der Waals surface area contributed by atoms with E-state index >= 15 is 0 Å². The summed E-state index contributed by atoms with van der Waals surface area (Å²) in [5, 5.41) is 0.621. The second kappa shape index (κ2) is 9.28. The van der Waals surface area contributed by atoms with Crippen LogP contribution in [0.1, 0.15) is 19.3 Å². The lowest BCUT2D eigenvalue weighted by Gasteiger charge is -2.27. The van der Waals surface area contributed by atoms with E-state index in [0.29, 0.717) is 29.9 Å². The minimum Gasteiger partial charge on any atom is -0.490 e. The quantitative estimate of drug-likeness (QED) is 0.360. The summed E-state index contributed by atoms with van der Waals surface area (Å²) in [6.07, 6.45) is 3.69. The predicted octanol–water partition coefficient (Wildman–Crippen LogP) is 3.14. The first kappa shape index (κ1) is 17.4. The highest BCUT2D eigenvalue weighted by molar-refractivity contribution is 14.0. The third-order valence-electron chi connectivity index (χ3n) is 3.14. The second-order valence-corrected chi connectivity index (χ2v) is 4.97. The first-order valence-corrected chi connectivity index (χ1v) is 7.07. The predicted molar refractivity (Wildman–Crippen MR) is 94.3 cm³/mol. The summed E-state index contributed by atoms with van der Waals surface area (Å²) in [6.45, 7) is 3.06. The fraction of sp³-hybridized carbons (Fsp3) is 0.500. The molecule has 1 aliphatic heterocycles. The largest absolute Gasteiger partial charge is 0.490 e. The van der Waals surface area contributed by atoms with E-state index in [1.54, 1.807) is 0 Å². The van der Waals surface area contributed by atoms with Crippen molar-refractivity contribution < 1.29 is 4.74 Å². The van der Waals surface area contributed by atoms with Gasteiger partial charge in [-0.2, -0.15) is 0 Å². The van der Waals surface area contributed by atoms with Crippen LogP contribution in [0.3, 0.4) is 0 Å². The first-order valence-electron chi connectivity index (χ1n) is 6.69. The van der Waals surface area contributed by atoms with Gasteiger partial charge in [-0.15, -0.1) is 24.0 Å². The van der Waals surface area contributed by atoms with E-state index in [2.05, 4.69) is 9.89 Å². The summed E-state index contributed by atoms with van der Waals surface area (Å²) in [5.74, 6) is 1.32. The van der Waals surface area contributed by atoms with Crippen molar-refractivity contribution in [3.8, 4) is 5.75 Å². The van der Waals surface area contributed by atoms with Crippen LogP contribution < -0.4 is 10.5 Å². The summed E-state index contributed by atoms with van der Waals surface area (Å²) >= 11 is 5.99. The van der Waals surface area contributed by atoms with Crippen molar-refractivity contribution >= 4 is 41.5 Å². The van der Waals surface area contributed by atoms with Gasteiger partial charge in [0.1, 0.15) is 12.4 Å². The zero-order chi connectivity index (χ0) is 13.5. The van der Waals surface area contributed by atoms with E-state index in [4.69, 9.17) is 22.1 Å². The molecule has 0 saturated carbocycles. The Morgan fingerprint density at radius 1 is 1.25 bits per heavy atom. The van der Waals surface area contributed by atoms with Crippen LogP contribution in [0.5, 0.6) is 5.75 Å². The van der Waals surface area contributed by atoms with Gasteiger partial charge in [-0.25, -0.2) is 4.99 Å². The average molecular weight is 410 g/mol. The number of hydrogen-bond acceptors (Lipinski definition) is 2.